The Labute approximate surface area is 49.9 Å². The van der Waals surface area contributed by atoms with E-state index in [0.29, 0.717) is 0 Å². The lowest BCUT2D eigenvalue weighted by atomic mass is 10.1. The molecule has 3 N–H and O–H groups in total. The molecule has 0 heterocycles. The molecule has 0 saturated carbocycles. The van der Waals surface area contributed by atoms with Gasteiger partial charge in [-0.3, -0.25) is 4.79 Å². The summed E-state index contributed by atoms with van der Waals surface area (Å²) in [6.07, 6.45) is 0. The van der Waals surface area contributed by atoms with Crippen LogP contribution in [0.15, 0.2) is 0 Å². The number of carboxylic acid groups (broad SMARTS) is 1. The third-order valence-corrected chi connectivity index (χ3v) is 0.888. The second-order valence-corrected chi connectivity index (χ2v) is 1.89. The zero-order chi connectivity index (χ0) is 7.65. The van der Waals surface area contributed by atoms with E-state index in [9.17, 15) is 4.79 Å². The number of nitrogens with two attached hydrogens (primary N) is 1. The van der Waals surface area contributed by atoms with Crippen LogP contribution in [0.2, 0.25) is 0 Å². The quantitative estimate of drug-likeness (QED) is 0.538. The molecule has 0 aliphatic heterocycles. The normalized spacial score (nSPS) is 17.1. The third kappa shape index (κ3) is 1.93. The Morgan fingerprint density at radius 1 is 1.88 bits per heavy atom. The molecule has 0 bridgehead atoms. The van der Waals surface area contributed by atoms with Crippen LogP contribution in [0.25, 0.3) is 0 Å². The molecule has 0 aromatic heterocycles. The summed E-state index contributed by atoms with van der Waals surface area (Å²) in [4.78, 5) is 10.1. The topological polar surface area (TPSA) is 63.3 Å². The molecule has 0 rings (SSSR count). The van der Waals surface area contributed by atoms with E-state index in [4.69, 9.17) is 12.2 Å². The number of carboxylic acids is 1. The number of hydrogen-bond acceptors (Lipinski definition) is 2. The van der Waals surface area contributed by atoms with Gasteiger partial charge in [0.1, 0.15) is 6.04 Å². The van der Waals surface area contributed by atoms with Gasteiger partial charge in [-0.15, -0.1) is 0 Å². The molecular weight excluding hydrogens is 106 g/mol. The first-order valence-corrected chi connectivity index (χ1v) is 2.34. The number of aliphatic carboxylic acids is 1. The number of hydrogen-bond donors (Lipinski definition) is 2. The molecule has 0 radical (unpaired) electrons. The minimum absolute atomic E-state index is 1.09. The van der Waals surface area contributed by atoms with Crippen LogP contribution in [0.3, 0.4) is 0 Å². The summed E-state index contributed by atoms with van der Waals surface area (Å²) in [5.41, 5.74) is 5.11. The SMILES string of the molecule is [2H]C(C)(C)C(N)C(=O)O. The molecule has 8 heavy (non-hydrogen) atoms. The fourth-order valence-corrected chi connectivity index (χ4v) is 0.247. The molecule has 0 saturated heterocycles. The van der Waals surface area contributed by atoms with Crippen LogP contribution in [-0.2, 0) is 4.79 Å². The van der Waals surface area contributed by atoms with Crippen molar-refractivity contribution in [1.29, 1.82) is 0 Å². The van der Waals surface area contributed by atoms with E-state index in [1.807, 2.05) is 0 Å². The van der Waals surface area contributed by atoms with Crippen LogP contribution in [0.4, 0.5) is 0 Å². The van der Waals surface area contributed by atoms with Crippen molar-refractivity contribution < 1.29 is 11.3 Å². The molecular formula is C5H11NO2. The van der Waals surface area contributed by atoms with Crippen molar-refractivity contribution in [1.82, 2.24) is 0 Å². The van der Waals surface area contributed by atoms with Crippen LogP contribution in [0.5, 0.6) is 0 Å². The highest BCUT2D eigenvalue weighted by Crippen LogP contribution is 1.96. The van der Waals surface area contributed by atoms with Gasteiger partial charge in [0.05, 0.1) is 0 Å². The van der Waals surface area contributed by atoms with Crippen LogP contribution < -0.4 is 5.73 Å². The van der Waals surface area contributed by atoms with Crippen LogP contribution in [0, 0.1) is 5.89 Å². The maximum Gasteiger partial charge on any atom is 0.320 e. The Morgan fingerprint density at radius 3 is 2.25 bits per heavy atom. The lowest BCUT2D eigenvalue weighted by molar-refractivity contribution is -0.139. The smallest absolute Gasteiger partial charge is 0.320 e. The maximum absolute atomic E-state index is 10.1. The van der Waals surface area contributed by atoms with Crippen molar-refractivity contribution in [3.05, 3.63) is 0 Å². The van der Waals surface area contributed by atoms with Gasteiger partial charge in [-0.2, -0.15) is 0 Å². The average Bonchev–Trinajstić information content (AvgIpc) is 1.62. The molecule has 3 nitrogen and oxygen atoms in total. The Balaban J connectivity index is 4.04. The van der Waals surface area contributed by atoms with Gasteiger partial charge in [-0.05, 0) is 5.89 Å². The molecule has 0 aromatic carbocycles. The molecule has 3 heteroatoms. The van der Waals surface area contributed by atoms with E-state index in [2.05, 4.69) is 0 Å². The zero-order valence-corrected chi connectivity index (χ0v) is 5.01. The zero-order valence-electron chi connectivity index (χ0n) is 6.01. The van der Waals surface area contributed by atoms with E-state index in [0.717, 1.165) is 0 Å². The Bertz CT molecular complexity index is 119. The summed E-state index contributed by atoms with van der Waals surface area (Å²) in [5, 5.41) is 8.27. The van der Waals surface area contributed by atoms with Gasteiger partial charge in [0, 0.05) is 1.37 Å². The fourth-order valence-electron chi connectivity index (χ4n) is 0.247. The molecule has 1 unspecified atom stereocenters. The fraction of sp³-hybridized carbons (Fsp3) is 0.800. The monoisotopic (exact) mass is 118 g/mol. The van der Waals surface area contributed by atoms with Gasteiger partial charge in [0.15, 0.2) is 0 Å². The molecule has 0 fully saturated rings. The van der Waals surface area contributed by atoms with E-state index in [1.165, 1.54) is 13.8 Å². The summed E-state index contributed by atoms with van der Waals surface area (Å²) in [7, 11) is 0. The predicted octanol–water partition coefficient (Wildman–Crippen LogP) is 0.0543. The summed E-state index contributed by atoms with van der Waals surface area (Å²) in [6, 6.07) is -1.10. The minimum Gasteiger partial charge on any atom is -0.480 e. The highest BCUT2D eigenvalue weighted by atomic mass is 16.4. The molecule has 1 atom stereocenters. The number of carbonyl (C=O) groups is 1. The van der Waals surface area contributed by atoms with Crippen molar-refractivity contribution >= 4 is 5.97 Å². The van der Waals surface area contributed by atoms with Gasteiger partial charge >= 0.3 is 5.97 Å². The Morgan fingerprint density at radius 2 is 2.25 bits per heavy atom. The summed E-state index contributed by atoms with van der Waals surface area (Å²) in [5.74, 6) is -2.22. The van der Waals surface area contributed by atoms with Crippen molar-refractivity contribution in [3.63, 3.8) is 0 Å². The number of rotatable bonds is 2. The second-order valence-electron chi connectivity index (χ2n) is 1.89. The lowest BCUT2D eigenvalue weighted by Gasteiger charge is -2.07. The summed E-state index contributed by atoms with van der Waals surface area (Å²) in [6.45, 7) is 2.93. The molecule has 0 aliphatic rings. The second kappa shape index (κ2) is 2.67. The Hall–Kier alpha value is -0.570. The van der Waals surface area contributed by atoms with Crippen LogP contribution in [-0.4, -0.2) is 17.1 Å². The van der Waals surface area contributed by atoms with E-state index in [1.54, 1.807) is 0 Å². The third-order valence-electron chi connectivity index (χ3n) is 0.888. The van der Waals surface area contributed by atoms with Crippen LogP contribution in [0.1, 0.15) is 15.2 Å². The van der Waals surface area contributed by atoms with Crippen molar-refractivity contribution in [2.75, 3.05) is 0 Å². The maximum atomic E-state index is 10.1. The Kier molecular flexibility index (Phi) is 1.86. The molecule has 48 valence electrons. The van der Waals surface area contributed by atoms with Gasteiger partial charge in [0.2, 0.25) is 0 Å². The minimum atomic E-state index is -1.13. The van der Waals surface area contributed by atoms with Crippen molar-refractivity contribution in [2.45, 2.75) is 19.9 Å². The van der Waals surface area contributed by atoms with Crippen LogP contribution >= 0.6 is 0 Å². The lowest BCUT2D eigenvalue weighted by Crippen LogP contribution is -2.34. The largest absolute Gasteiger partial charge is 0.480 e. The standard InChI is InChI=1S/C5H11NO2/c1-3(2)4(6)5(7)8/h3-4H,6H2,1-2H3,(H,7,8)/i3D. The van der Waals surface area contributed by atoms with Gasteiger partial charge < -0.3 is 10.8 Å². The first kappa shape index (κ1) is 5.56. The highest BCUT2D eigenvalue weighted by molar-refractivity contribution is 5.73. The summed E-state index contributed by atoms with van der Waals surface area (Å²) < 4.78 is 7.16. The van der Waals surface area contributed by atoms with Gasteiger partial charge in [-0.25, -0.2) is 0 Å². The van der Waals surface area contributed by atoms with E-state index < -0.39 is 17.9 Å². The molecule has 0 spiro atoms. The first-order valence-electron chi connectivity index (χ1n) is 2.84. The average molecular weight is 118 g/mol. The molecule has 0 aromatic rings. The van der Waals surface area contributed by atoms with E-state index >= 15 is 0 Å². The first-order chi connectivity index (χ1) is 3.85. The molecule has 0 aliphatic carbocycles. The van der Waals surface area contributed by atoms with E-state index in [-0.39, 0.29) is 0 Å². The predicted molar refractivity (Wildman–Crippen MR) is 30.4 cm³/mol. The van der Waals surface area contributed by atoms with Crippen molar-refractivity contribution in [3.8, 4) is 0 Å². The summed E-state index contributed by atoms with van der Waals surface area (Å²) >= 11 is 0. The highest BCUT2D eigenvalue weighted by Gasteiger charge is 2.14. The van der Waals surface area contributed by atoms with Crippen molar-refractivity contribution in [2.24, 2.45) is 11.6 Å². The van der Waals surface area contributed by atoms with Gasteiger partial charge in [0.25, 0.3) is 0 Å². The molecule has 0 amide bonds. The van der Waals surface area contributed by atoms with Gasteiger partial charge in [-0.1, -0.05) is 13.8 Å².